The average Bonchev–Trinajstić information content (AvgIpc) is 1.86. The van der Waals surface area contributed by atoms with Gasteiger partial charge in [0.1, 0.15) is 0 Å². The van der Waals surface area contributed by atoms with E-state index in [9.17, 15) is 4.79 Å². The van der Waals surface area contributed by atoms with Crippen molar-refractivity contribution in [1.29, 1.82) is 0 Å². The molecule has 0 atom stereocenters. The fourth-order valence-corrected chi connectivity index (χ4v) is 0.513. The summed E-state index contributed by atoms with van der Waals surface area (Å²) < 4.78 is 0. The quantitative estimate of drug-likeness (QED) is 0.640. The molecule has 1 aliphatic heterocycles. The van der Waals surface area contributed by atoms with E-state index in [2.05, 4.69) is 5.32 Å². The van der Waals surface area contributed by atoms with E-state index in [0.29, 0.717) is 6.42 Å². The fraction of sp³-hybridized carbons (Fsp3) is 0.750. The van der Waals surface area contributed by atoms with E-state index in [1.54, 1.807) is 0 Å². The summed E-state index contributed by atoms with van der Waals surface area (Å²) in [6, 6.07) is 0. The van der Waals surface area contributed by atoms with Gasteiger partial charge in [0.25, 0.3) is 0 Å². The molecule has 0 aromatic rings. The van der Waals surface area contributed by atoms with Crippen LogP contribution in [0, 0.1) is 0 Å². The van der Waals surface area contributed by atoms with Gasteiger partial charge in [-0.2, -0.15) is 0 Å². The van der Waals surface area contributed by atoms with Crippen LogP contribution in [-0.2, 0) is 24.9 Å². The second-order valence-electron chi connectivity index (χ2n) is 1.38. The van der Waals surface area contributed by atoms with Gasteiger partial charge in [-0.3, -0.25) is 0 Å². The zero-order valence-corrected chi connectivity index (χ0v) is 6.21. The van der Waals surface area contributed by atoms with Crippen LogP contribution in [-0.4, -0.2) is 12.5 Å². The molecule has 0 bridgehead atoms. The molecule has 0 aromatic carbocycles. The summed E-state index contributed by atoms with van der Waals surface area (Å²) in [6.45, 7) is 0.763. The average molecular weight is 276 g/mol. The first-order valence-electron chi connectivity index (χ1n) is 2.10. The standard InChI is InChI=1S/C4H7NO.Ir/c6-4-2-1-3-5-4;/h1-3H2,(H,5,6);/p-1. The van der Waals surface area contributed by atoms with Crippen LogP contribution < -0.4 is 0 Å². The third-order valence-corrected chi connectivity index (χ3v) is 0.837. The van der Waals surface area contributed by atoms with Crippen LogP contribution in [0.3, 0.4) is 0 Å². The molecule has 0 aromatic heterocycles. The summed E-state index contributed by atoms with van der Waals surface area (Å²) in [7, 11) is 0. The van der Waals surface area contributed by atoms with Crippen LogP contribution in [0.25, 0.3) is 5.32 Å². The molecule has 1 amide bonds. The fourth-order valence-electron chi connectivity index (χ4n) is 0.513. The van der Waals surface area contributed by atoms with Crippen molar-refractivity contribution in [2.24, 2.45) is 0 Å². The molecule has 7 heavy (non-hydrogen) atoms. The minimum Gasteiger partial charge on any atom is -0.653 e. The second-order valence-corrected chi connectivity index (χ2v) is 1.38. The molecule has 1 heterocycles. The summed E-state index contributed by atoms with van der Waals surface area (Å²) in [5.41, 5.74) is 0. The topological polar surface area (TPSA) is 31.2 Å². The number of nitrogens with zero attached hydrogens (tertiary/aromatic N) is 1. The summed E-state index contributed by atoms with van der Waals surface area (Å²) in [5, 5.41) is 3.60. The van der Waals surface area contributed by atoms with Gasteiger partial charge in [0.15, 0.2) is 0 Å². The maximum atomic E-state index is 10.1. The molecule has 1 fully saturated rings. The van der Waals surface area contributed by atoms with Crippen molar-refractivity contribution >= 4 is 5.91 Å². The molecular weight excluding hydrogens is 270 g/mol. The minimum atomic E-state index is 0. The van der Waals surface area contributed by atoms with E-state index < -0.39 is 0 Å². The first-order valence-corrected chi connectivity index (χ1v) is 2.10. The van der Waals surface area contributed by atoms with Crippen LogP contribution in [0.5, 0.6) is 0 Å². The van der Waals surface area contributed by atoms with Gasteiger partial charge in [0.05, 0.1) is 5.91 Å². The summed E-state index contributed by atoms with van der Waals surface area (Å²) in [4.78, 5) is 10.1. The number of carbonyl (C=O) groups excluding carboxylic acids is 1. The molecule has 43 valence electrons. The largest absolute Gasteiger partial charge is 0.653 e. The Morgan fingerprint density at radius 1 is 1.57 bits per heavy atom. The number of hydrogen-bond acceptors (Lipinski definition) is 1. The van der Waals surface area contributed by atoms with Gasteiger partial charge in [-0.05, 0) is 6.42 Å². The zero-order chi connectivity index (χ0) is 4.41. The van der Waals surface area contributed by atoms with Crippen molar-refractivity contribution in [3.8, 4) is 0 Å². The monoisotopic (exact) mass is 277 g/mol. The molecule has 1 aliphatic rings. The zero-order valence-electron chi connectivity index (χ0n) is 3.81. The van der Waals surface area contributed by atoms with Crippen molar-refractivity contribution < 1.29 is 24.9 Å². The van der Waals surface area contributed by atoms with Gasteiger partial charge in [-0.1, -0.05) is 6.42 Å². The molecule has 0 unspecified atom stereocenters. The van der Waals surface area contributed by atoms with Gasteiger partial charge in [-0.25, -0.2) is 0 Å². The Labute approximate surface area is 56.0 Å². The maximum absolute atomic E-state index is 10.1. The normalized spacial score (nSPS) is 18.0. The minimum absolute atomic E-state index is 0. The van der Waals surface area contributed by atoms with E-state index in [4.69, 9.17) is 0 Å². The van der Waals surface area contributed by atoms with Crippen molar-refractivity contribution in [2.75, 3.05) is 6.54 Å². The van der Waals surface area contributed by atoms with E-state index in [1.165, 1.54) is 0 Å². The molecule has 0 saturated carbocycles. The van der Waals surface area contributed by atoms with Gasteiger partial charge in [0, 0.05) is 20.1 Å². The van der Waals surface area contributed by atoms with Crippen LogP contribution in [0.4, 0.5) is 0 Å². The Balaban J connectivity index is 0.000000360. The Bertz CT molecular complexity index is 66.1. The number of rotatable bonds is 0. The van der Waals surface area contributed by atoms with Crippen molar-refractivity contribution in [2.45, 2.75) is 12.8 Å². The summed E-state index contributed by atoms with van der Waals surface area (Å²) in [5.74, 6) is 0.0787. The van der Waals surface area contributed by atoms with Gasteiger partial charge in [0.2, 0.25) is 0 Å². The van der Waals surface area contributed by atoms with Gasteiger partial charge >= 0.3 is 0 Å². The van der Waals surface area contributed by atoms with E-state index >= 15 is 0 Å². The first kappa shape index (κ1) is 7.12. The number of carbonyl (C=O) groups is 1. The molecule has 0 aliphatic carbocycles. The van der Waals surface area contributed by atoms with Gasteiger partial charge < -0.3 is 10.1 Å². The van der Waals surface area contributed by atoms with Crippen LogP contribution in [0.1, 0.15) is 12.8 Å². The van der Waals surface area contributed by atoms with Crippen molar-refractivity contribution in [1.82, 2.24) is 0 Å². The van der Waals surface area contributed by atoms with E-state index in [1.807, 2.05) is 0 Å². The first-order chi connectivity index (χ1) is 2.89. The number of amides is 1. The molecule has 1 radical (unpaired) electrons. The van der Waals surface area contributed by atoms with E-state index in [0.717, 1.165) is 13.0 Å². The summed E-state index contributed by atoms with van der Waals surface area (Å²) in [6.07, 6.45) is 1.65. The van der Waals surface area contributed by atoms with E-state index in [-0.39, 0.29) is 26.0 Å². The molecule has 2 nitrogen and oxygen atoms in total. The Morgan fingerprint density at radius 2 is 2.29 bits per heavy atom. The van der Waals surface area contributed by atoms with Crippen LogP contribution in [0.2, 0.25) is 0 Å². The molecule has 1 saturated heterocycles. The number of hydrogen-bond donors (Lipinski definition) is 0. The molecule has 0 spiro atoms. The Kier molecular flexibility index (Phi) is 3.22. The molecule has 0 N–H and O–H groups in total. The third-order valence-electron chi connectivity index (χ3n) is 0.837. The Hall–Kier alpha value is 0.119. The predicted octanol–water partition coefficient (Wildman–Crippen LogP) is 0.678. The SMILES string of the molecule is O=C1CCC[N-]1.[Ir]. The second kappa shape index (κ2) is 3.16. The van der Waals surface area contributed by atoms with Crippen molar-refractivity contribution in [3.05, 3.63) is 5.32 Å². The van der Waals surface area contributed by atoms with Gasteiger partial charge in [-0.15, -0.1) is 6.54 Å². The van der Waals surface area contributed by atoms with Crippen LogP contribution in [0.15, 0.2) is 0 Å². The smallest absolute Gasteiger partial charge is 0.0510 e. The predicted molar refractivity (Wildman–Crippen MR) is 22.5 cm³/mol. The van der Waals surface area contributed by atoms with Crippen LogP contribution >= 0.6 is 0 Å². The maximum Gasteiger partial charge on any atom is 0.0510 e. The molecule has 1 rings (SSSR count). The molecular formula is C4H6IrNO-. The Morgan fingerprint density at radius 3 is 2.43 bits per heavy atom. The van der Waals surface area contributed by atoms with Crippen molar-refractivity contribution in [3.63, 3.8) is 0 Å². The molecule has 3 heteroatoms. The summed E-state index contributed by atoms with van der Waals surface area (Å²) >= 11 is 0. The third kappa shape index (κ3) is 2.05.